The van der Waals surface area contributed by atoms with Gasteiger partial charge in [-0.15, -0.1) is 6.58 Å². The zero-order valence-corrected chi connectivity index (χ0v) is 17.5. The fraction of sp³-hybridized carbons (Fsp3) is 0.455. The molecule has 28 heavy (non-hydrogen) atoms. The maximum absolute atomic E-state index is 12.7. The molecule has 0 aliphatic carbocycles. The molecule has 2 aromatic rings. The van der Waals surface area contributed by atoms with Gasteiger partial charge in [-0.05, 0) is 71.2 Å². The van der Waals surface area contributed by atoms with Crippen molar-refractivity contribution in [3.8, 4) is 0 Å². The molecule has 0 radical (unpaired) electrons. The van der Waals surface area contributed by atoms with Gasteiger partial charge in [0.25, 0.3) is 0 Å². The van der Waals surface area contributed by atoms with Crippen molar-refractivity contribution in [2.75, 3.05) is 6.61 Å². The molecule has 6 nitrogen and oxygen atoms in total. The smallest absolute Gasteiger partial charge is 0.415 e. The number of esters is 1. The third-order valence-corrected chi connectivity index (χ3v) is 4.54. The zero-order chi connectivity index (χ0) is 21.2. The molecular weight excluding hydrogens is 358 g/mol. The Morgan fingerprint density at radius 3 is 2.25 bits per heavy atom. The summed E-state index contributed by atoms with van der Waals surface area (Å²) < 4.78 is 12.6. The lowest BCUT2D eigenvalue weighted by molar-refractivity contribution is -0.166. The van der Waals surface area contributed by atoms with Crippen LogP contribution in [-0.4, -0.2) is 33.9 Å². The number of carboxylic acid groups (broad SMARTS) is 1. The van der Waals surface area contributed by atoms with E-state index >= 15 is 0 Å². The molecule has 1 N–H and O–H groups in total. The average molecular weight is 387 g/mol. The summed E-state index contributed by atoms with van der Waals surface area (Å²) in [5.74, 6) is -0.464. The second kappa shape index (κ2) is 8.19. The molecule has 0 spiro atoms. The lowest BCUT2D eigenvalue weighted by Crippen LogP contribution is -2.29. The molecule has 0 bridgehead atoms. The summed E-state index contributed by atoms with van der Waals surface area (Å²) in [6.07, 6.45) is 0.323. The molecule has 1 unspecified atom stereocenters. The van der Waals surface area contributed by atoms with Crippen LogP contribution in [0.4, 0.5) is 4.79 Å². The minimum Gasteiger partial charge on any atom is -0.464 e. The first-order chi connectivity index (χ1) is 13.0. The number of carbonyl (C=O) groups excluding carboxylic acids is 1. The van der Waals surface area contributed by atoms with E-state index in [0.29, 0.717) is 23.4 Å². The van der Waals surface area contributed by atoms with Gasteiger partial charge in [0.05, 0.1) is 12.2 Å². The lowest BCUT2D eigenvalue weighted by Gasteiger charge is -2.28. The van der Waals surface area contributed by atoms with E-state index < -0.39 is 23.8 Å². The summed E-state index contributed by atoms with van der Waals surface area (Å²) in [5.41, 5.74) is 2.20. The monoisotopic (exact) mass is 387 g/mol. The van der Waals surface area contributed by atoms with Gasteiger partial charge in [-0.2, -0.15) is 0 Å². The summed E-state index contributed by atoms with van der Waals surface area (Å²) in [6, 6.07) is 3.77. The average Bonchev–Trinajstić information content (AvgIpc) is 2.82. The minimum atomic E-state index is -1.04. The highest BCUT2D eigenvalue weighted by atomic mass is 16.6. The Balaban J connectivity index is 2.79. The second-order valence-electron chi connectivity index (χ2n) is 7.74. The van der Waals surface area contributed by atoms with Gasteiger partial charge in [-0.1, -0.05) is 6.08 Å². The van der Waals surface area contributed by atoms with Crippen LogP contribution >= 0.6 is 0 Å². The summed E-state index contributed by atoms with van der Waals surface area (Å²) in [5, 5.41) is 11.2. The first-order valence-corrected chi connectivity index (χ1v) is 9.34. The Bertz CT molecular complexity index is 917. The molecule has 0 saturated heterocycles. The predicted molar refractivity (Wildman–Crippen MR) is 109 cm³/mol. The fourth-order valence-corrected chi connectivity index (χ4v) is 3.43. The number of nitrogens with zero attached hydrogens (tertiary/aromatic N) is 1. The van der Waals surface area contributed by atoms with Crippen molar-refractivity contribution in [3.05, 3.63) is 47.3 Å². The first kappa shape index (κ1) is 21.7. The highest BCUT2D eigenvalue weighted by Crippen LogP contribution is 2.35. The number of hydrogen-bond donors (Lipinski definition) is 1. The SMILES string of the molecule is C=CCc1cc2c(C)n(C(=O)O)c(C)c2cc1C(OC(C)(C)C)C(=O)OCC. The number of allylic oxidation sites excluding steroid dienone is 1. The molecule has 152 valence electrons. The standard InChI is InChI=1S/C22H29NO5/c1-8-10-15-11-16-13(3)23(21(25)26)14(4)17(16)12-18(15)19(20(24)27-9-2)28-22(5,6)7/h8,11-12,19H,1,9-10H2,2-7H3,(H,25,26). The predicted octanol–water partition coefficient (Wildman–Crippen LogP) is 4.93. The first-order valence-electron chi connectivity index (χ1n) is 9.34. The summed E-state index contributed by atoms with van der Waals surface area (Å²) in [4.78, 5) is 24.4. The van der Waals surface area contributed by atoms with Gasteiger partial charge in [0.2, 0.25) is 0 Å². The molecule has 0 aliphatic heterocycles. The molecule has 2 rings (SSSR count). The highest BCUT2D eigenvalue weighted by Gasteiger charge is 2.31. The van der Waals surface area contributed by atoms with Crippen LogP contribution < -0.4 is 0 Å². The Hall–Kier alpha value is -2.60. The molecule has 1 aromatic carbocycles. The van der Waals surface area contributed by atoms with Crippen molar-refractivity contribution in [3.63, 3.8) is 0 Å². The normalized spacial score (nSPS) is 12.8. The van der Waals surface area contributed by atoms with Gasteiger partial charge >= 0.3 is 12.1 Å². The molecule has 6 heteroatoms. The minimum absolute atomic E-state index is 0.245. The third kappa shape index (κ3) is 4.28. The van der Waals surface area contributed by atoms with Crippen molar-refractivity contribution >= 4 is 22.8 Å². The molecular formula is C22H29NO5. The topological polar surface area (TPSA) is 77.8 Å². The number of fused-ring (bicyclic) bond motifs is 1. The van der Waals surface area contributed by atoms with Crippen molar-refractivity contribution in [2.24, 2.45) is 0 Å². The van der Waals surface area contributed by atoms with E-state index in [4.69, 9.17) is 9.47 Å². The van der Waals surface area contributed by atoms with Crippen LogP contribution in [0, 0.1) is 13.8 Å². The van der Waals surface area contributed by atoms with Crippen LogP contribution in [0.15, 0.2) is 24.8 Å². The number of carbonyl (C=O) groups is 2. The van der Waals surface area contributed by atoms with Gasteiger partial charge in [0, 0.05) is 22.2 Å². The van der Waals surface area contributed by atoms with E-state index in [2.05, 4.69) is 6.58 Å². The van der Waals surface area contributed by atoms with Crippen LogP contribution in [0.2, 0.25) is 0 Å². The molecule has 0 amide bonds. The number of aryl methyl sites for hydroxylation is 2. The Morgan fingerprint density at radius 1 is 1.21 bits per heavy atom. The fourth-order valence-electron chi connectivity index (χ4n) is 3.43. The van der Waals surface area contributed by atoms with Crippen molar-refractivity contribution in [2.45, 2.75) is 59.7 Å². The summed E-state index contributed by atoms with van der Waals surface area (Å²) in [7, 11) is 0. The molecule has 0 saturated carbocycles. The van der Waals surface area contributed by atoms with E-state index in [0.717, 1.165) is 16.3 Å². The Morgan fingerprint density at radius 2 is 1.79 bits per heavy atom. The lowest BCUT2D eigenvalue weighted by atomic mass is 9.95. The van der Waals surface area contributed by atoms with Crippen molar-refractivity contribution in [1.82, 2.24) is 4.57 Å². The third-order valence-electron chi connectivity index (χ3n) is 4.54. The molecule has 1 atom stereocenters. The van der Waals surface area contributed by atoms with Crippen molar-refractivity contribution in [1.29, 1.82) is 0 Å². The Labute approximate surface area is 165 Å². The quantitative estimate of drug-likeness (QED) is 0.561. The molecule has 1 aromatic heterocycles. The van der Waals surface area contributed by atoms with E-state index in [1.165, 1.54) is 4.57 Å². The van der Waals surface area contributed by atoms with Gasteiger partial charge in [0.15, 0.2) is 6.10 Å². The maximum Gasteiger partial charge on any atom is 0.415 e. The largest absolute Gasteiger partial charge is 0.464 e. The highest BCUT2D eigenvalue weighted by molar-refractivity contribution is 5.95. The van der Waals surface area contributed by atoms with Crippen LogP contribution in [0.25, 0.3) is 10.8 Å². The molecule has 1 heterocycles. The van der Waals surface area contributed by atoms with Gasteiger partial charge in [0.1, 0.15) is 0 Å². The number of rotatable bonds is 6. The van der Waals surface area contributed by atoms with E-state index in [-0.39, 0.29) is 6.61 Å². The van der Waals surface area contributed by atoms with Crippen molar-refractivity contribution < 1.29 is 24.2 Å². The summed E-state index contributed by atoms with van der Waals surface area (Å²) in [6.45, 7) is 15.0. The molecule has 0 fully saturated rings. The van der Waals surface area contributed by atoms with E-state index in [9.17, 15) is 14.7 Å². The summed E-state index contributed by atoms with van der Waals surface area (Å²) >= 11 is 0. The second-order valence-corrected chi connectivity index (χ2v) is 7.74. The number of hydrogen-bond acceptors (Lipinski definition) is 4. The van der Waals surface area contributed by atoms with Gasteiger partial charge in [-0.3, -0.25) is 4.57 Å². The zero-order valence-electron chi connectivity index (χ0n) is 17.5. The van der Waals surface area contributed by atoms with Crippen LogP contribution in [0.1, 0.15) is 56.3 Å². The Kier molecular flexibility index (Phi) is 6.34. The van der Waals surface area contributed by atoms with Gasteiger partial charge < -0.3 is 14.6 Å². The number of benzene rings is 1. The van der Waals surface area contributed by atoms with Crippen LogP contribution in [0.3, 0.4) is 0 Å². The number of ether oxygens (including phenoxy) is 2. The number of aromatic nitrogens is 1. The van der Waals surface area contributed by atoms with Crippen LogP contribution in [0.5, 0.6) is 0 Å². The maximum atomic E-state index is 12.7. The van der Waals surface area contributed by atoms with E-state index in [1.54, 1.807) is 26.8 Å². The van der Waals surface area contributed by atoms with Crippen LogP contribution in [-0.2, 0) is 20.7 Å². The van der Waals surface area contributed by atoms with Gasteiger partial charge in [-0.25, -0.2) is 9.59 Å². The van der Waals surface area contributed by atoms with E-state index in [1.807, 2.05) is 32.9 Å². The molecule has 0 aliphatic rings.